The van der Waals surface area contributed by atoms with Crippen LogP contribution in [0.3, 0.4) is 0 Å². The smallest absolute Gasteiger partial charge is 0.250 e. The number of para-hydroxylation sites is 1. The summed E-state index contributed by atoms with van der Waals surface area (Å²) in [6.45, 7) is 7.41. The molecule has 1 aliphatic heterocycles. The Bertz CT molecular complexity index is 599. The van der Waals surface area contributed by atoms with Gasteiger partial charge in [-0.2, -0.15) is 0 Å². The highest BCUT2D eigenvalue weighted by Gasteiger charge is 2.32. The van der Waals surface area contributed by atoms with E-state index in [0.717, 1.165) is 44.1 Å². The van der Waals surface area contributed by atoms with Crippen molar-refractivity contribution in [1.82, 2.24) is 4.90 Å². The Morgan fingerprint density at radius 3 is 2.44 bits per heavy atom. The molecule has 138 valence electrons. The Kier molecular flexibility index (Phi) is 5.35. The third-order valence-electron chi connectivity index (χ3n) is 5.24. The fourth-order valence-corrected chi connectivity index (χ4v) is 3.89. The average molecular weight is 345 g/mol. The van der Waals surface area contributed by atoms with Crippen LogP contribution in [0.15, 0.2) is 24.3 Å². The molecule has 0 spiro atoms. The van der Waals surface area contributed by atoms with Gasteiger partial charge < -0.3 is 20.6 Å². The molecule has 1 amide bonds. The number of carbonyl (C=O) groups is 1. The van der Waals surface area contributed by atoms with Gasteiger partial charge in [-0.1, -0.05) is 12.1 Å². The minimum Gasteiger partial charge on any atom is -0.389 e. The number of piperidine rings is 1. The van der Waals surface area contributed by atoms with E-state index in [1.165, 1.54) is 12.8 Å². The van der Waals surface area contributed by atoms with Crippen molar-refractivity contribution in [2.45, 2.75) is 51.2 Å². The monoisotopic (exact) mass is 345 g/mol. The van der Waals surface area contributed by atoms with Crippen molar-refractivity contribution in [3.8, 4) is 0 Å². The number of benzene rings is 1. The van der Waals surface area contributed by atoms with Crippen molar-refractivity contribution >= 4 is 11.6 Å². The highest BCUT2D eigenvalue weighted by Crippen LogP contribution is 2.35. The third kappa shape index (κ3) is 4.95. The normalized spacial score (nSPS) is 19.8. The van der Waals surface area contributed by atoms with E-state index in [4.69, 9.17) is 5.73 Å². The number of nitrogens with zero attached hydrogens (tertiary/aromatic N) is 2. The molecule has 2 fully saturated rings. The van der Waals surface area contributed by atoms with E-state index in [0.29, 0.717) is 18.2 Å². The fourth-order valence-electron chi connectivity index (χ4n) is 3.89. The third-order valence-corrected chi connectivity index (χ3v) is 5.24. The van der Waals surface area contributed by atoms with Gasteiger partial charge >= 0.3 is 0 Å². The molecule has 0 unspecified atom stereocenters. The Morgan fingerprint density at radius 1 is 1.24 bits per heavy atom. The van der Waals surface area contributed by atoms with E-state index >= 15 is 0 Å². The second-order valence-corrected chi connectivity index (χ2v) is 8.30. The van der Waals surface area contributed by atoms with E-state index in [1.807, 2.05) is 38.1 Å². The van der Waals surface area contributed by atoms with Crippen molar-refractivity contribution in [3.05, 3.63) is 29.8 Å². The van der Waals surface area contributed by atoms with Crippen molar-refractivity contribution in [2.24, 2.45) is 11.7 Å². The number of primary amides is 1. The molecule has 1 saturated carbocycles. The van der Waals surface area contributed by atoms with Crippen molar-refractivity contribution < 1.29 is 9.90 Å². The molecule has 5 heteroatoms. The van der Waals surface area contributed by atoms with E-state index in [1.54, 1.807) is 0 Å². The maximum atomic E-state index is 11.9. The first-order chi connectivity index (χ1) is 11.8. The highest BCUT2D eigenvalue weighted by molar-refractivity contribution is 5.98. The van der Waals surface area contributed by atoms with Gasteiger partial charge in [0.2, 0.25) is 0 Å². The minimum absolute atomic E-state index is 0.351. The number of anilines is 1. The molecule has 1 aliphatic carbocycles. The van der Waals surface area contributed by atoms with Gasteiger partial charge in [0.1, 0.15) is 0 Å². The molecule has 3 rings (SSSR count). The Morgan fingerprint density at radius 2 is 1.88 bits per heavy atom. The summed E-state index contributed by atoms with van der Waals surface area (Å²) < 4.78 is 0. The fraction of sp³-hybridized carbons (Fsp3) is 0.650. The molecular formula is C20H31N3O2. The van der Waals surface area contributed by atoms with Crippen LogP contribution in [0.5, 0.6) is 0 Å². The number of nitrogens with two attached hydrogens (primary N) is 1. The zero-order valence-electron chi connectivity index (χ0n) is 15.4. The Labute approximate surface area is 150 Å². The first-order valence-corrected chi connectivity index (χ1v) is 9.44. The zero-order chi connectivity index (χ0) is 18.0. The molecule has 1 saturated heterocycles. The molecule has 0 bridgehead atoms. The number of likely N-dealkylation sites (tertiary alicyclic amines) is 1. The summed E-state index contributed by atoms with van der Waals surface area (Å²) >= 11 is 0. The predicted molar refractivity (Wildman–Crippen MR) is 101 cm³/mol. The van der Waals surface area contributed by atoms with E-state index in [9.17, 15) is 9.90 Å². The lowest BCUT2D eigenvalue weighted by Crippen LogP contribution is -2.49. The van der Waals surface area contributed by atoms with Crippen molar-refractivity contribution in [1.29, 1.82) is 0 Å². The topological polar surface area (TPSA) is 69.8 Å². The first kappa shape index (κ1) is 18.2. The zero-order valence-corrected chi connectivity index (χ0v) is 15.4. The van der Waals surface area contributed by atoms with Crippen molar-refractivity contribution in [3.63, 3.8) is 0 Å². The number of amides is 1. The minimum atomic E-state index is -0.654. The van der Waals surface area contributed by atoms with E-state index in [-0.39, 0.29) is 5.91 Å². The summed E-state index contributed by atoms with van der Waals surface area (Å²) in [5, 5.41) is 10.0. The van der Waals surface area contributed by atoms with Crippen LogP contribution >= 0.6 is 0 Å². The lowest BCUT2D eigenvalue weighted by Gasteiger charge is -2.41. The second-order valence-electron chi connectivity index (χ2n) is 8.30. The number of β-amino-alcohol motifs (C(OH)–C–C–N with tert-alkyl or cyclic N) is 1. The molecular weight excluding hydrogens is 314 g/mol. The van der Waals surface area contributed by atoms with Crippen LogP contribution in [0.2, 0.25) is 0 Å². The summed E-state index contributed by atoms with van der Waals surface area (Å²) in [5.74, 6) is 0.395. The van der Waals surface area contributed by atoms with Gasteiger partial charge in [-0.05, 0) is 57.6 Å². The molecule has 3 N–H and O–H groups in total. The number of carbonyl (C=O) groups excluding carboxylic acids is 1. The molecule has 5 nitrogen and oxygen atoms in total. The second kappa shape index (κ2) is 7.34. The Hall–Kier alpha value is -1.59. The summed E-state index contributed by atoms with van der Waals surface area (Å²) in [5.41, 5.74) is 6.58. The molecule has 1 heterocycles. The summed E-state index contributed by atoms with van der Waals surface area (Å²) in [4.78, 5) is 16.6. The van der Waals surface area contributed by atoms with E-state index in [2.05, 4.69) is 9.80 Å². The van der Waals surface area contributed by atoms with Gasteiger partial charge in [0.05, 0.1) is 11.2 Å². The van der Waals surface area contributed by atoms with Crippen LogP contribution in [0, 0.1) is 5.92 Å². The molecule has 1 aromatic carbocycles. The van der Waals surface area contributed by atoms with Crippen LogP contribution in [-0.4, -0.2) is 53.7 Å². The maximum absolute atomic E-state index is 11.9. The number of hydrogen-bond donors (Lipinski definition) is 2. The standard InChI is InChI=1S/C20H31N3O2/c1-20(2,25)14-22-11-9-16(10-12-22)23(13-15-7-8-15)18-6-4-3-5-17(18)19(21)24/h3-6,15-16,25H,7-14H2,1-2H3,(H2,21,24). The summed E-state index contributed by atoms with van der Waals surface area (Å²) in [7, 11) is 0. The quantitative estimate of drug-likeness (QED) is 0.795. The van der Waals surface area contributed by atoms with Gasteiger partial charge in [0.25, 0.3) is 5.91 Å². The molecule has 0 radical (unpaired) electrons. The van der Waals surface area contributed by atoms with E-state index < -0.39 is 5.60 Å². The largest absolute Gasteiger partial charge is 0.389 e. The highest BCUT2D eigenvalue weighted by atomic mass is 16.3. The van der Waals surface area contributed by atoms with Gasteiger partial charge in [-0.15, -0.1) is 0 Å². The predicted octanol–water partition coefficient (Wildman–Crippen LogP) is 2.24. The first-order valence-electron chi connectivity index (χ1n) is 9.44. The number of rotatable bonds is 7. The molecule has 0 aromatic heterocycles. The number of aliphatic hydroxyl groups is 1. The SMILES string of the molecule is CC(C)(O)CN1CCC(N(CC2CC2)c2ccccc2C(N)=O)CC1. The lowest BCUT2D eigenvalue weighted by molar-refractivity contribution is 0.0280. The van der Waals surface area contributed by atoms with Gasteiger partial charge in [0, 0.05) is 37.9 Å². The van der Waals surface area contributed by atoms with Gasteiger partial charge in [-0.25, -0.2) is 0 Å². The molecule has 25 heavy (non-hydrogen) atoms. The van der Waals surface area contributed by atoms with Crippen LogP contribution in [0.25, 0.3) is 0 Å². The summed E-state index contributed by atoms with van der Waals surface area (Å²) in [6, 6.07) is 8.17. The summed E-state index contributed by atoms with van der Waals surface area (Å²) in [6.07, 6.45) is 4.67. The molecule has 2 aliphatic rings. The average Bonchev–Trinajstić information content (AvgIpc) is 3.36. The van der Waals surface area contributed by atoms with Gasteiger partial charge in [-0.3, -0.25) is 4.79 Å². The van der Waals surface area contributed by atoms with Crippen LogP contribution in [-0.2, 0) is 0 Å². The Balaban J connectivity index is 1.73. The van der Waals surface area contributed by atoms with Gasteiger partial charge in [0.15, 0.2) is 0 Å². The molecule has 0 atom stereocenters. The molecule has 1 aromatic rings. The van der Waals surface area contributed by atoms with Crippen LogP contribution in [0.4, 0.5) is 5.69 Å². The van der Waals surface area contributed by atoms with Crippen LogP contribution in [0.1, 0.15) is 49.9 Å². The lowest BCUT2D eigenvalue weighted by atomic mass is 9.98. The van der Waals surface area contributed by atoms with Crippen molar-refractivity contribution in [2.75, 3.05) is 31.1 Å². The van der Waals surface area contributed by atoms with Crippen LogP contribution < -0.4 is 10.6 Å². The maximum Gasteiger partial charge on any atom is 0.250 e. The number of hydrogen-bond acceptors (Lipinski definition) is 4.